The Hall–Kier alpha value is -2.13. The summed E-state index contributed by atoms with van der Waals surface area (Å²) in [5, 5.41) is 0. The van der Waals surface area contributed by atoms with Gasteiger partial charge in [-0.1, -0.05) is 16.3 Å². The van der Waals surface area contributed by atoms with Crippen LogP contribution in [0, 0.1) is 11.6 Å². The third kappa shape index (κ3) is 7.00. The van der Waals surface area contributed by atoms with E-state index in [1.807, 2.05) is 12.2 Å². The van der Waals surface area contributed by atoms with E-state index in [4.69, 9.17) is 9.47 Å². The molecular formula is C21H29F5N2O6S2. The highest BCUT2D eigenvalue weighted by atomic mass is 32.3. The number of nitrogens with zero attached hydrogens (tertiary/aromatic N) is 1. The lowest BCUT2D eigenvalue weighted by molar-refractivity contribution is -0.0441. The minimum absolute atomic E-state index is 0.138. The van der Waals surface area contributed by atoms with Gasteiger partial charge in [0.1, 0.15) is 5.69 Å². The molecular weight excluding hydrogens is 535 g/mol. The minimum atomic E-state index is -6.48. The Labute approximate surface area is 207 Å². The summed E-state index contributed by atoms with van der Waals surface area (Å²) in [4.78, 5) is -0.197. The second-order valence-corrected chi connectivity index (χ2v) is 12.1. The molecule has 0 aliphatic carbocycles. The van der Waals surface area contributed by atoms with Crippen molar-refractivity contribution in [3.63, 3.8) is 0 Å². The SMILES string of the molecule is CC(C)Oc1c(F)c(N2CC/C=C\CCCC2)c(F)c(OC(C)C)c1S(=O)(=O)NS(=O)(=O)C(F)(F)F. The van der Waals surface area contributed by atoms with E-state index in [2.05, 4.69) is 0 Å². The number of anilines is 1. The molecule has 0 fully saturated rings. The summed E-state index contributed by atoms with van der Waals surface area (Å²) >= 11 is 0. The van der Waals surface area contributed by atoms with Crippen molar-refractivity contribution in [1.29, 1.82) is 0 Å². The Morgan fingerprint density at radius 3 is 1.83 bits per heavy atom. The summed E-state index contributed by atoms with van der Waals surface area (Å²) in [6.45, 7) is 5.79. The van der Waals surface area contributed by atoms with E-state index in [-0.39, 0.29) is 13.1 Å². The number of benzene rings is 1. The number of hydrogen-bond acceptors (Lipinski definition) is 7. The van der Waals surface area contributed by atoms with Crippen molar-refractivity contribution in [2.75, 3.05) is 18.0 Å². The van der Waals surface area contributed by atoms with Crippen molar-refractivity contribution < 1.29 is 48.3 Å². The summed E-state index contributed by atoms with van der Waals surface area (Å²) in [5.41, 5.74) is -6.71. The second-order valence-electron chi connectivity index (χ2n) is 8.58. The first kappa shape index (κ1) is 30.1. The normalized spacial score (nSPS) is 17.0. The molecule has 15 heteroatoms. The molecule has 0 aromatic heterocycles. The van der Waals surface area contributed by atoms with Crippen molar-refractivity contribution >= 4 is 25.7 Å². The second kappa shape index (κ2) is 11.5. The first-order valence-electron chi connectivity index (χ1n) is 11.1. The zero-order chi connectivity index (χ0) is 27.5. The Bertz CT molecular complexity index is 1150. The van der Waals surface area contributed by atoms with Gasteiger partial charge in [-0.3, -0.25) is 0 Å². The lowest BCUT2D eigenvalue weighted by Gasteiger charge is -2.29. The van der Waals surface area contributed by atoms with E-state index in [9.17, 15) is 30.0 Å². The minimum Gasteiger partial charge on any atom is -0.486 e. The summed E-state index contributed by atoms with van der Waals surface area (Å²) in [6, 6.07) is 0. The number of rotatable bonds is 8. The summed E-state index contributed by atoms with van der Waals surface area (Å²) in [7, 11) is -12.3. The molecule has 206 valence electrons. The van der Waals surface area contributed by atoms with Gasteiger partial charge in [0, 0.05) is 13.1 Å². The molecule has 0 bridgehead atoms. The van der Waals surface area contributed by atoms with Crippen molar-refractivity contribution in [2.24, 2.45) is 0 Å². The van der Waals surface area contributed by atoms with Gasteiger partial charge < -0.3 is 14.4 Å². The van der Waals surface area contributed by atoms with Gasteiger partial charge in [-0.15, -0.1) is 0 Å². The quantitative estimate of drug-likeness (QED) is 0.364. The molecule has 0 unspecified atom stereocenters. The number of halogens is 5. The fraction of sp³-hybridized carbons (Fsp3) is 0.619. The molecule has 2 rings (SSSR count). The van der Waals surface area contributed by atoms with Gasteiger partial charge in [-0.2, -0.15) is 13.2 Å². The summed E-state index contributed by atoms with van der Waals surface area (Å²) < 4.78 is 131. The van der Waals surface area contributed by atoms with Crippen molar-refractivity contribution in [2.45, 2.75) is 76.0 Å². The van der Waals surface area contributed by atoms with Crippen molar-refractivity contribution in [3.8, 4) is 11.5 Å². The number of allylic oxidation sites excluding steroid dienone is 1. The molecule has 1 N–H and O–H groups in total. The zero-order valence-corrected chi connectivity index (χ0v) is 21.8. The Kier molecular flexibility index (Phi) is 9.62. The van der Waals surface area contributed by atoms with Crippen LogP contribution in [-0.4, -0.2) is 47.6 Å². The van der Waals surface area contributed by atoms with Gasteiger partial charge in [0.2, 0.25) is 0 Å². The molecule has 0 spiro atoms. The third-order valence-electron chi connectivity index (χ3n) is 4.82. The van der Waals surface area contributed by atoms with Gasteiger partial charge in [0.15, 0.2) is 28.0 Å². The van der Waals surface area contributed by atoms with Crippen LogP contribution in [0.25, 0.3) is 0 Å². The number of nitrogens with one attached hydrogen (secondary N) is 1. The molecule has 0 saturated carbocycles. The molecule has 1 aromatic carbocycles. The summed E-state index contributed by atoms with van der Waals surface area (Å²) in [5.74, 6) is -5.33. The average Bonchev–Trinajstić information content (AvgIpc) is 2.83. The molecule has 0 atom stereocenters. The number of sulfonamides is 2. The third-order valence-corrected chi connectivity index (χ3v) is 8.10. The first-order chi connectivity index (χ1) is 16.5. The molecule has 1 aliphatic heterocycles. The van der Waals surface area contributed by atoms with Gasteiger partial charge in [0.25, 0.3) is 10.0 Å². The first-order valence-corrected chi connectivity index (χ1v) is 14.1. The smallest absolute Gasteiger partial charge is 0.486 e. The maximum atomic E-state index is 15.8. The van der Waals surface area contributed by atoms with Crippen LogP contribution in [-0.2, 0) is 20.0 Å². The van der Waals surface area contributed by atoms with E-state index in [1.54, 1.807) is 0 Å². The number of alkyl halides is 3. The largest absolute Gasteiger partial charge is 0.512 e. The van der Waals surface area contributed by atoms with Crippen LogP contribution >= 0.6 is 0 Å². The Morgan fingerprint density at radius 1 is 0.861 bits per heavy atom. The van der Waals surface area contributed by atoms with Crippen molar-refractivity contribution in [1.82, 2.24) is 4.13 Å². The number of ether oxygens (including phenoxy) is 2. The fourth-order valence-electron chi connectivity index (χ4n) is 3.42. The average molecular weight is 565 g/mol. The monoisotopic (exact) mass is 564 g/mol. The molecule has 0 saturated heterocycles. The van der Waals surface area contributed by atoms with E-state index in [0.29, 0.717) is 23.4 Å². The molecule has 1 aromatic rings. The lowest BCUT2D eigenvalue weighted by Crippen LogP contribution is -2.40. The van der Waals surface area contributed by atoms with Crippen LogP contribution in [0.5, 0.6) is 11.5 Å². The van der Waals surface area contributed by atoms with Crippen LogP contribution in [0.2, 0.25) is 0 Å². The van der Waals surface area contributed by atoms with Crippen LogP contribution < -0.4 is 18.5 Å². The van der Waals surface area contributed by atoms with E-state index in [1.165, 1.54) is 32.6 Å². The maximum absolute atomic E-state index is 15.8. The standard InChI is InChI=1S/C21H29F5N2O6S2/c1-13(2)33-18-15(22)17(28-11-9-7-5-6-8-10-12-28)16(23)19(34-14(3)4)20(18)35(29,30)27-36(31,32)21(24,25)26/h5,7,13-14,27H,6,8-12H2,1-4H3/b7-5-. The Balaban J connectivity index is 2.89. The van der Waals surface area contributed by atoms with Gasteiger partial charge in [-0.25, -0.2) is 25.6 Å². The highest BCUT2D eigenvalue weighted by Crippen LogP contribution is 2.46. The Morgan fingerprint density at radius 2 is 1.36 bits per heavy atom. The predicted molar refractivity (Wildman–Crippen MR) is 123 cm³/mol. The van der Waals surface area contributed by atoms with E-state index < -0.39 is 71.5 Å². The van der Waals surface area contributed by atoms with Crippen LogP contribution in [0.15, 0.2) is 17.0 Å². The highest BCUT2D eigenvalue weighted by Gasteiger charge is 2.50. The molecule has 1 heterocycles. The van der Waals surface area contributed by atoms with Crippen LogP contribution in [0.1, 0.15) is 53.4 Å². The fourth-order valence-corrected chi connectivity index (χ4v) is 6.05. The van der Waals surface area contributed by atoms with E-state index >= 15 is 8.78 Å². The van der Waals surface area contributed by atoms with Gasteiger partial charge in [-0.05, 0) is 53.4 Å². The van der Waals surface area contributed by atoms with Crippen LogP contribution in [0.4, 0.5) is 27.6 Å². The summed E-state index contributed by atoms with van der Waals surface area (Å²) in [6.07, 6.45) is 4.31. The van der Waals surface area contributed by atoms with E-state index in [0.717, 1.165) is 6.42 Å². The molecule has 36 heavy (non-hydrogen) atoms. The molecule has 1 aliphatic rings. The zero-order valence-electron chi connectivity index (χ0n) is 20.2. The van der Waals surface area contributed by atoms with Gasteiger partial charge in [0.05, 0.1) is 12.2 Å². The van der Waals surface area contributed by atoms with Crippen LogP contribution in [0.3, 0.4) is 0 Å². The predicted octanol–water partition coefficient (Wildman–Crippen LogP) is 4.60. The molecule has 0 amide bonds. The topological polar surface area (TPSA) is 102 Å². The van der Waals surface area contributed by atoms with Gasteiger partial charge >= 0.3 is 15.5 Å². The molecule has 0 radical (unpaired) electrons. The van der Waals surface area contributed by atoms with Crippen molar-refractivity contribution in [3.05, 3.63) is 23.8 Å². The number of hydrogen-bond donors (Lipinski definition) is 1. The highest BCUT2D eigenvalue weighted by molar-refractivity contribution is 8.05. The molecule has 8 nitrogen and oxygen atoms in total. The maximum Gasteiger partial charge on any atom is 0.512 e. The lowest BCUT2D eigenvalue weighted by atomic mass is 10.2.